The molecule has 1 fully saturated rings. The predicted octanol–water partition coefficient (Wildman–Crippen LogP) is 0.586. The third-order valence-electron chi connectivity index (χ3n) is 2.45. The summed E-state index contributed by atoms with van der Waals surface area (Å²) in [5.41, 5.74) is -0.614. The Bertz CT molecular complexity index is 394. The van der Waals surface area contributed by atoms with Crippen LogP contribution in [0.25, 0.3) is 0 Å². The highest BCUT2D eigenvalue weighted by Gasteiger charge is 2.37. The molecule has 114 valence electrons. The van der Waals surface area contributed by atoms with Crippen molar-refractivity contribution in [1.82, 2.24) is 10.2 Å². The summed E-state index contributed by atoms with van der Waals surface area (Å²) >= 11 is 1.46. The van der Waals surface area contributed by atoms with Crippen LogP contribution in [0.2, 0.25) is 0 Å². The molecule has 1 heterocycles. The second-order valence-electron chi connectivity index (χ2n) is 5.26. The van der Waals surface area contributed by atoms with Crippen LogP contribution in [0.4, 0.5) is 4.79 Å². The number of methoxy groups -OCH3 is 1. The van der Waals surface area contributed by atoms with Crippen LogP contribution in [0, 0.1) is 0 Å². The largest absolute Gasteiger partial charge is 0.468 e. The molecular weight excluding hydrogens is 284 g/mol. The van der Waals surface area contributed by atoms with Crippen LogP contribution in [0.15, 0.2) is 0 Å². The lowest BCUT2D eigenvalue weighted by Crippen LogP contribution is -2.49. The molecule has 0 aromatic heterocycles. The minimum atomic E-state index is -0.625. The van der Waals surface area contributed by atoms with Gasteiger partial charge in [0.1, 0.15) is 18.2 Å². The van der Waals surface area contributed by atoms with Gasteiger partial charge >= 0.3 is 12.1 Å². The lowest BCUT2D eigenvalue weighted by Gasteiger charge is -2.27. The van der Waals surface area contributed by atoms with E-state index in [0.29, 0.717) is 11.6 Å². The maximum atomic E-state index is 12.0. The van der Waals surface area contributed by atoms with Gasteiger partial charge in [0, 0.05) is 5.75 Å². The van der Waals surface area contributed by atoms with Crippen LogP contribution in [0.1, 0.15) is 20.8 Å². The Morgan fingerprint density at radius 3 is 2.55 bits per heavy atom. The second kappa shape index (κ2) is 6.83. The van der Waals surface area contributed by atoms with Crippen LogP contribution in [0.5, 0.6) is 0 Å². The first kappa shape index (κ1) is 16.6. The van der Waals surface area contributed by atoms with E-state index in [2.05, 4.69) is 10.1 Å². The molecule has 7 nitrogen and oxygen atoms in total. The van der Waals surface area contributed by atoms with Gasteiger partial charge in [-0.1, -0.05) is 0 Å². The molecule has 1 saturated heterocycles. The van der Waals surface area contributed by atoms with Crippen LogP contribution in [0.3, 0.4) is 0 Å². The number of ether oxygens (including phenoxy) is 2. The van der Waals surface area contributed by atoms with E-state index < -0.39 is 23.7 Å². The van der Waals surface area contributed by atoms with E-state index in [1.165, 1.54) is 23.8 Å². The molecular formula is C12H20N2O5S. The summed E-state index contributed by atoms with van der Waals surface area (Å²) in [6.45, 7) is 5.08. The number of carbonyl (C=O) groups is 3. The fraction of sp³-hybridized carbons (Fsp3) is 0.750. The van der Waals surface area contributed by atoms with E-state index in [-0.39, 0.29) is 12.5 Å². The second-order valence-corrected chi connectivity index (χ2v) is 6.26. The molecule has 0 saturated carbocycles. The topological polar surface area (TPSA) is 84.9 Å². The highest BCUT2D eigenvalue weighted by molar-refractivity contribution is 7.99. The van der Waals surface area contributed by atoms with E-state index in [1.54, 1.807) is 20.8 Å². The zero-order valence-corrected chi connectivity index (χ0v) is 12.9. The summed E-state index contributed by atoms with van der Waals surface area (Å²) in [6.07, 6.45) is -0.527. The van der Waals surface area contributed by atoms with Gasteiger partial charge in [0.05, 0.1) is 13.0 Å². The van der Waals surface area contributed by atoms with Gasteiger partial charge in [-0.05, 0) is 20.8 Å². The van der Waals surface area contributed by atoms with Gasteiger partial charge in [0.2, 0.25) is 5.91 Å². The zero-order chi connectivity index (χ0) is 15.3. The first-order valence-corrected chi connectivity index (χ1v) is 7.32. The lowest BCUT2D eigenvalue weighted by atomic mass is 10.2. The summed E-state index contributed by atoms with van der Waals surface area (Å²) in [5, 5.41) is 2.45. The number of amides is 2. The minimum absolute atomic E-state index is 0.210. The van der Waals surface area contributed by atoms with Gasteiger partial charge in [-0.2, -0.15) is 0 Å². The van der Waals surface area contributed by atoms with Crippen molar-refractivity contribution in [3.05, 3.63) is 0 Å². The minimum Gasteiger partial charge on any atom is -0.468 e. The number of thioether (sulfide) groups is 1. The lowest BCUT2D eigenvalue weighted by molar-refractivity contribution is -0.141. The number of rotatable bonds is 3. The number of carbonyl (C=O) groups excluding carboxylic acids is 3. The van der Waals surface area contributed by atoms with Gasteiger partial charge in [0.15, 0.2) is 0 Å². The Balaban J connectivity index is 2.58. The molecule has 0 radical (unpaired) electrons. The molecule has 8 heteroatoms. The average Bonchev–Trinajstić information content (AvgIpc) is 2.82. The van der Waals surface area contributed by atoms with Gasteiger partial charge < -0.3 is 14.8 Å². The normalized spacial score (nSPS) is 18.6. The molecule has 1 aliphatic heterocycles. The maximum Gasteiger partial charge on any atom is 0.411 e. The van der Waals surface area contributed by atoms with E-state index in [4.69, 9.17) is 4.74 Å². The maximum absolute atomic E-state index is 12.0. The standard InChI is InChI=1S/C12H20N2O5S/c1-12(2,3)19-11(17)14-7-20-6-8(14)10(16)13-5-9(15)18-4/h8H,5-7H2,1-4H3,(H,13,16). The highest BCUT2D eigenvalue weighted by atomic mass is 32.2. The van der Waals surface area contributed by atoms with Crippen LogP contribution < -0.4 is 5.32 Å². The first-order chi connectivity index (χ1) is 9.24. The third-order valence-corrected chi connectivity index (χ3v) is 3.46. The Morgan fingerprint density at radius 2 is 2.00 bits per heavy atom. The van der Waals surface area contributed by atoms with Crippen LogP contribution >= 0.6 is 11.8 Å². The molecule has 0 aromatic carbocycles. The molecule has 0 spiro atoms. The SMILES string of the molecule is COC(=O)CNC(=O)C1CSCN1C(=O)OC(C)(C)C. The van der Waals surface area contributed by atoms with Gasteiger partial charge in [-0.15, -0.1) is 11.8 Å². The molecule has 1 unspecified atom stereocenters. The molecule has 20 heavy (non-hydrogen) atoms. The number of esters is 1. The molecule has 2 amide bonds. The summed E-state index contributed by atoms with van der Waals surface area (Å²) < 4.78 is 9.69. The van der Waals surface area contributed by atoms with Gasteiger partial charge in [-0.25, -0.2) is 4.79 Å². The van der Waals surface area contributed by atoms with Crippen molar-refractivity contribution in [3.8, 4) is 0 Å². The molecule has 1 N–H and O–H groups in total. The molecule has 1 atom stereocenters. The fourth-order valence-corrected chi connectivity index (χ4v) is 2.65. The van der Waals surface area contributed by atoms with Crippen molar-refractivity contribution in [3.63, 3.8) is 0 Å². The van der Waals surface area contributed by atoms with E-state index in [0.717, 1.165) is 0 Å². The van der Waals surface area contributed by atoms with Crippen molar-refractivity contribution >= 4 is 29.7 Å². The molecule has 0 bridgehead atoms. The Labute approximate surface area is 122 Å². The third kappa shape index (κ3) is 4.92. The Morgan fingerprint density at radius 1 is 1.35 bits per heavy atom. The Kier molecular flexibility index (Phi) is 5.67. The quantitative estimate of drug-likeness (QED) is 0.768. The van der Waals surface area contributed by atoms with Gasteiger partial charge in [0.25, 0.3) is 0 Å². The van der Waals surface area contributed by atoms with E-state index in [1.807, 2.05) is 0 Å². The number of nitrogens with one attached hydrogen (secondary N) is 1. The monoisotopic (exact) mass is 304 g/mol. The molecule has 0 aliphatic carbocycles. The van der Waals surface area contributed by atoms with Crippen molar-refractivity contribution in [2.75, 3.05) is 25.3 Å². The summed E-state index contributed by atoms with van der Waals surface area (Å²) in [5.74, 6) is -0.0450. The zero-order valence-electron chi connectivity index (χ0n) is 12.1. The average molecular weight is 304 g/mol. The van der Waals surface area contributed by atoms with E-state index >= 15 is 0 Å². The highest BCUT2D eigenvalue weighted by Crippen LogP contribution is 2.23. The Hall–Kier alpha value is -1.44. The molecule has 0 aromatic rings. The van der Waals surface area contributed by atoms with Crippen LogP contribution in [-0.2, 0) is 19.1 Å². The summed E-state index contributed by atoms with van der Waals surface area (Å²) in [7, 11) is 1.24. The van der Waals surface area contributed by atoms with Crippen molar-refractivity contribution in [2.45, 2.75) is 32.4 Å². The smallest absolute Gasteiger partial charge is 0.411 e. The summed E-state index contributed by atoms with van der Waals surface area (Å²) in [4.78, 5) is 36.3. The number of hydrogen-bond donors (Lipinski definition) is 1. The van der Waals surface area contributed by atoms with Crippen molar-refractivity contribution < 1.29 is 23.9 Å². The van der Waals surface area contributed by atoms with E-state index in [9.17, 15) is 14.4 Å². The molecule has 1 rings (SSSR count). The summed E-state index contributed by atoms with van der Waals surface area (Å²) in [6, 6.07) is -0.625. The predicted molar refractivity (Wildman–Crippen MR) is 74.2 cm³/mol. The number of nitrogens with zero attached hydrogens (tertiary/aromatic N) is 1. The fourth-order valence-electron chi connectivity index (χ4n) is 1.51. The van der Waals surface area contributed by atoms with Crippen molar-refractivity contribution in [2.24, 2.45) is 0 Å². The number of hydrogen-bond acceptors (Lipinski definition) is 6. The van der Waals surface area contributed by atoms with Crippen LogP contribution in [-0.4, -0.2) is 59.8 Å². The van der Waals surface area contributed by atoms with Gasteiger partial charge in [-0.3, -0.25) is 14.5 Å². The van der Waals surface area contributed by atoms with Crippen molar-refractivity contribution in [1.29, 1.82) is 0 Å². The molecule has 1 aliphatic rings. The first-order valence-electron chi connectivity index (χ1n) is 6.16.